The Morgan fingerprint density at radius 3 is 2.22 bits per heavy atom. The van der Waals surface area contributed by atoms with Crippen molar-refractivity contribution >= 4 is 34.8 Å². The number of ketones is 2. The van der Waals surface area contributed by atoms with Crippen LogP contribution in [-0.4, -0.2) is 49.2 Å². The lowest BCUT2D eigenvalue weighted by Crippen LogP contribution is -2.39. The molecule has 0 unspecified atom stereocenters. The van der Waals surface area contributed by atoms with E-state index in [4.69, 9.17) is 25.8 Å². The van der Waals surface area contributed by atoms with Crippen LogP contribution in [-0.2, 0) is 14.4 Å². The lowest BCUT2D eigenvalue weighted by atomic mass is 9.71. The van der Waals surface area contributed by atoms with Crippen LogP contribution >= 0.6 is 11.6 Å². The van der Waals surface area contributed by atoms with Crippen molar-refractivity contribution in [3.63, 3.8) is 0 Å². The zero-order valence-electron chi connectivity index (χ0n) is 23.7. The summed E-state index contributed by atoms with van der Waals surface area (Å²) in [6, 6.07) is 10.6. The molecule has 5 rings (SSSR count). The first-order valence-electron chi connectivity index (χ1n) is 14.2. The number of methoxy groups -OCH3 is 1. The molecule has 216 valence electrons. The fourth-order valence-corrected chi connectivity index (χ4v) is 6.43. The van der Waals surface area contributed by atoms with Gasteiger partial charge in [0, 0.05) is 47.8 Å². The zero-order chi connectivity index (χ0) is 29.1. The molecule has 41 heavy (non-hydrogen) atoms. The summed E-state index contributed by atoms with van der Waals surface area (Å²) in [7, 11) is 1.53. The third kappa shape index (κ3) is 5.58. The van der Waals surface area contributed by atoms with Crippen molar-refractivity contribution in [3.05, 3.63) is 69.5 Å². The first-order valence-corrected chi connectivity index (χ1v) is 14.6. The number of halogens is 1. The van der Waals surface area contributed by atoms with Crippen LogP contribution in [0.5, 0.6) is 17.2 Å². The van der Waals surface area contributed by atoms with E-state index in [0.29, 0.717) is 59.9 Å². The summed E-state index contributed by atoms with van der Waals surface area (Å²) in [6.45, 7) is 4.63. The SMILES string of the molecule is CCOc1cc(C2C3=C(CCCC3=O)N(CC)C3=C2C(=O)CCC3)cc(Cl)c1OCC(=O)Nc1ccccc1OC. The Kier molecular flexibility index (Phi) is 8.68. The van der Waals surface area contributed by atoms with Crippen LogP contribution in [0, 0.1) is 0 Å². The number of rotatable bonds is 9. The number of Topliss-reactive ketones (excluding diaryl/α,β-unsaturated/α-hetero) is 2. The van der Waals surface area contributed by atoms with E-state index in [-0.39, 0.29) is 28.9 Å². The summed E-state index contributed by atoms with van der Waals surface area (Å²) < 4.78 is 17.1. The van der Waals surface area contributed by atoms with Crippen molar-refractivity contribution in [1.82, 2.24) is 4.90 Å². The van der Waals surface area contributed by atoms with E-state index in [1.165, 1.54) is 7.11 Å². The Hall–Kier alpha value is -3.78. The number of amides is 1. The molecule has 2 aromatic carbocycles. The van der Waals surface area contributed by atoms with E-state index in [1.54, 1.807) is 30.3 Å². The van der Waals surface area contributed by atoms with Crippen LogP contribution < -0.4 is 19.5 Å². The van der Waals surface area contributed by atoms with Crippen molar-refractivity contribution in [2.45, 2.75) is 58.3 Å². The number of ether oxygens (including phenoxy) is 3. The summed E-state index contributed by atoms with van der Waals surface area (Å²) in [4.78, 5) is 41.8. The van der Waals surface area contributed by atoms with Crippen molar-refractivity contribution < 1.29 is 28.6 Å². The molecule has 1 aliphatic heterocycles. The monoisotopic (exact) mass is 578 g/mol. The molecule has 0 bridgehead atoms. The average Bonchev–Trinajstić information content (AvgIpc) is 2.96. The molecule has 0 saturated heterocycles. The van der Waals surface area contributed by atoms with Gasteiger partial charge in [0.15, 0.2) is 29.7 Å². The van der Waals surface area contributed by atoms with Gasteiger partial charge in [-0.15, -0.1) is 0 Å². The lowest BCUT2D eigenvalue weighted by molar-refractivity contribution is -0.118. The topological polar surface area (TPSA) is 94.2 Å². The van der Waals surface area contributed by atoms with Crippen molar-refractivity contribution in [1.29, 1.82) is 0 Å². The van der Waals surface area contributed by atoms with Gasteiger partial charge in [-0.3, -0.25) is 14.4 Å². The molecule has 2 aromatic rings. The van der Waals surface area contributed by atoms with Crippen molar-refractivity contribution in [2.24, 2.45) is 0 Å². The van der Waals surface area contributed by atoms with Gasteiger partial charge >= 0.3 is 0 Å². The standard InChI is InChI=1S/C32H35ClN2O6/c1-4-35-22-11-8-13-24(36)30(22)29(31-23(35)12-9-14-25(31)37)19-16-20(33)32(27(17-19)40-5-2)41-18-28(38)34-21-10-6-7-15-26(21)39-3/h6-7,10,15-17,29H,4-5,8-9,11-14,18H2,1-3H3,(H,34,38). The normalized spacial score (nSPS) is 17.3. The molecule has 9 heteroatoms. The number of hydrogen-bond donors (Lipinski definition) is 1. The highest BCUT2D eigenvalue weighted by Gasteiger charge is 2.43. The molecule has 0 aromatic heterocycles. The molecule has 1 N–H and O–H groups in total. The van der Waals surface area contributed by atoms with Gasteiger partial charge in [0.25, 0.3) is 5.91 Å². The second kappa shape index (κ2) is 12.4. The number of anilines is 1. The first-order chi connectivity index (χ1) is 19.9. The Morgan fingerprint density at radius 1 is 0.951 bits per heavy atom. The molecule has 0 atom stereocenters. The zero-order valence-corrected chi connectivity index (χ0v) is 24.4. The maximum Gasteiger partial charge on any atom is 0.262 e. The Balaban J connectivity index is 1.50. The molecule has 1 heterocycles. The Bertz CT molecular complexity index is 1400. The first kappa shape index (κ1) is 28.7. The molecule has 8 nitrogen and oxygen atoms in total. The van der Waals surface area contributed by atoms with Crippen molar-refractivity contribution in [2.75, 3.05) is 32.2 Å². The average molecular weight is 579 g/mol. The molecule has 0 spiro atoms. The fraction of sp³-hybridized carbons (Fsp3) is 0.406. The molecular weight excluding hydrogens is 544 g/mol. The third-order valence-corrected chi connectivity index (χ3v) is 8.08. The molecule has 2 aliphatic carbocycles. The van der Waals surface area contributed by atoms with Gasteiger partial charge in [0.2, 0.25) is 0 Å². The quantitative estimate of drug-likeness (QED) is 0.379. The number of benzene rings is 2. The number of nitrogens with one attached hydrogen (secondary N) is 1. The van der Waals surface area contributed by atoms with E-state index in [9.17, 15) is 14.4 Å². The van der Waals surface area contributed by atoms with Crippen molar-refractivity contribution in [3.8, 4) is 17.2 Å². The Labute approximate surface area is 245 Å². The Morgan fingerprint density at radius 2 is 1.61 bits per heavy atom. The highest BCUT2D eigenvalue weighted by molar-refractivity contribution is 6.32. The van der Waals surface area contributed by atoms with Gasteiger partial charge in [-0.25, -0.2) is 0 Å². The molecule has 3 aliphatic rings. The van der Waals surface area contributed by atoms with E-state index in [2.05, 4.69) is 17.1 Å². The maximum absolute atomic E-state index is 13.4. The van der Waals surface area contributed by atoms with Crippen LogP contribution in [0.1, 0.15) is 63.9 Å². The van der Waals surface area contributed by atoms with E-state index >= 15 is 0 Å². The van der Waals surface area contributed by atoms with E-state index < -0.39 is 11.8 Å². The summed E-state index contributed by atoms with van der Waals surface area (Å²) >= 11 is 6.79. The number of hydrogen-bond acceptors (Lipinski definition) is 7. The number of allylic oxidation sites excluding steroid dienone is 4. The predicted molar refractivity (Wildman–Crippen MR) is 157 cm³/mol. The lowest BCUT2D eigenvalue weighted by Gasteiger charge is -2.43. The highest BCUT2D eigenvalue weighted by Crippen LogP contribution is 2.51. The second-order valence-electron chi connectivity index (χ2n) is 10.3. The van der Waals surface area contributed by atoms with E-state index in [1.807, 2.05) is 13.0 Å². The van der Waals surface area contributed by atoms with Crippen LogP contribution in [0.4, 0.5) is 5.69 Å². The van der Waals surface area contributed by atoms with Gasteiger partial charge in [-0.05, 0) is 69.4 Å². The van der Waals surface area contributed by atoms with Gasteiger partial charge in [-0.1, -0.05) is 23.7 Å². The number of carbonyl (C=O) groups is 3. The van der Waals surface area contributed by atoms with Gasteiger partial charge in [0.1, 0.15) is 5.75 Å². The molecule has 0 saturated carbocycles. The minimum absolute atomic E-state index is 0.0713. The summed E-state index contributed by atoms with van der Waals surface area (Å²) in [5, 5.41) is 3.02. The fourth-order valence-electron chi connectivity index (χ4n) is 6.16. The molecular formula is C32H35ClN2O6. The van der Waals surface area contributed by atoms with Crippen LogP contribution in [0.3, 0.4) is 0 Å². The molecule has 1 amide bonds. The summed E-state index contributed by atoms with van der Waals surface area (Å²) in [5.74, 6) is 0.353. The maximum atomic E-state index is 13.4. The summed E-state index contributed by atoms with van der Waals surface area (Å²) in [6.07, 6.45) is 4.10. The minimum atomic E-state index is -0.511. The van der Waals surface area contributed by atoms with Gasteiger partial charge in [0.05, 0.1) is 24.4 Å². The molecule has 0 radical (unpaired) electrons. The predicted octanol–water partition coefficient (Wildman–Crippen LogP) is 6.20. The van der Waals surface area contributed by atoms with Gasteiger partial charge in [-0.2, -0.15) is 0 Å². The van der Waals surface area contributed by atoms with E-state index in [0.717, 1.165) is 37.1 Å². The number of carbonyl (C=O) groups excluding carboxylic acids is 3. The molecule has 0 fully saturated rings. The second-order valence-corrected chi connectivity index (χ2v) is 10.7. The van der Waals surface area contributed by atoms with Crippen LogP contribution in [0.15, 0.2) is 58.9 Å². The summed E-state index contributed by atoms with van der Waals surface area (Å²) in [5.41, 5.74) is 4.65. The van der Waals surface area contributed by atoms with Gasteiger partial charge < -0.3 is 24.4 Å². The largest absolute Gasteiger partial charge is 0.495 e. The van der Waals surface area contributed by atoms with Crippen LogP contribution in [0.2, 0.25) is 5.02 Å². The van der Waals surface area contributed by atoms with Crippen LogP contribution in [0.25, 0.3) is 0 Å². The number of nitrogens with zero attached hydrogens (tertiary/aromatic N) is 1. The smallest absolute Gasteiger partial charge is 0.262 e. The third-order valence-electron chi connectivity index (χ3n) is 7.80. The highest BCUT2D eigenvalue weighted by atomic mass is 35.5. The number of para-hydroxylation sites is 2. The minimum Gasteiger partial charge on any atom is -0.495 e.